The van der Waals surface area contributed by atoms with E-state index in [2.05, 4.69) is 26.2 Å². The van der Waals surface area contributed by atoms with Gasteiger partial charge in [-0.1, -0.05) is 80.9 Å². The van der Waals surface area contributed by atoms with Crippen LogP contribution >= 0.6 is 0 Å². The van der Waals surface area contributed by atoms with E-state index in [-0.39, 0.29) is 92.3 Å². The first-order chi connectivity index (χ1) is 38.1. The summed E-state index contributed by atoms with van der Waals surface area (Å²) < 4.78 is 41.5. The highest BCUT2D eigenvalue weighted by Crippen LogP contribution is 2.26. The third-order valence-corrected chi connectivity index (χ3v) is 12.6. The fourth-order valence-corrected chi connectivity index (χ4v) is 8.95. The molecule has 0 saturated heterocycles. The van der Waals surface area contributed by atoms with Gasteiger partial charge in [0, 0.05) is 45.7 Å². The Hall–Kier alpha value is -8.97. The van der Waals surface area contributed by atoms with E-state index in [9.17, 15) is 33.6 Å². The van der Waals surface area contributed by atoms with Crippen LogP contribution in [0.5, 0.6) is 0 Å². The summed E-state index contributed by atoms with van der Waals surface area (Å²) in [6.45, 7) is 15.1. The van der Waals surface area contributed by atoms with E-state index in [1.54, 1.807) is 48.9 Å². The van der Waals surface area contributed by atoms with Crippen molar-refractivity contribution in [2.24, 2.45) is 0 Å². The molecule has 0 N–H and O–H groups in total. The van der Waals surface area contributed by atoms with Crippen LogP contribution in [0.4, 0.5) is 9.59 Å². The number of fused-ring (bicyclic) bond motifs is 2. The molecular formula is C55H66N12O13. The standard InChI is InChI=1S/C27H28N6O7.C27H34N6O6.CH4/c1-5-10-32-24(34)21-23(31(6-2)25(32)35)29-22(33(21)26(36)38-15-20-17(4)39-27(37)40-20)19-12-28-30(14-19)13-18-9-7-8-16(3)11-18;1-5-10-32-25(34)22-24(31(6-2)26(32)35)29-23(33(22)27(36)39-14-13-38-12-11-37-4)21-16-28-30(18-21)17-20-9-7-8-19(3)15-20;/h7-9,11-12,14H,5-6,10,13,15H2,1-4H3;7-9,15-16,18H,5-6,10-14,17H2,1-4H3;1H4. The topological polar surface area (TPSA) is 274 Å². The Balaban J connectivity index is 0.000000228. The van der Waals surface area contributed by atoms with Crippen LogP contribution in [0.1, 0.15) is 81.7 Å². The molecule has 7 aromatic heterocycles. The molecule has 0 aliphatic rings. The maximum absolute atomic E-state index is 13.6. The predicted molar refractivity (Wildman–Crippen MR) is 295 cm³/mol. The molecule has 0 fully saturated rings. The Bertz CT molecular complexity index is 3970. The van der Waals surface area contributed by atoms with Gasteiger partial charge in [0.2, 0.25) is 0 Å². The van der Waals surface area contributed by atoms with Crippen molar-refractivity contribution in [3.05, 3.63) is 159 Å². The molecule has 0 atom stereocenters. The second-order valence-electron chi connectivity index (χ2n) is 18.4. The van der Waals surface area contributed by atoms with E-state index in [0.29, 0.717) is 50.3 Å². The van der Waals surface area contributed by atoms with Crippen LogP contribution in [-0.2, 0) is 64.8 Å². The molecule has 9 aromatic rings. The minimum atomic E-state index is -0.950. The van der Waals surface area contributed by atoms with Crippen LogP contribution < -0.4 is 28.3 Å². The fraction of sp³-hybridized carbons (Fsp3) is 0.400. The molecule has 0 amide bonds. The molecule has 80 heavy (non-hydrogen) atoms. The minimum Gasteiger partial charge on any atom is -0.446 e. The van der Waals surface area contributed by atoms with Crippen molar-refractivity contribution in [1.29, 1.82) is 0 Å². The largest absolute Gasteiger partial charge is 0.519 e. The Morgan fingerprint density at radius 2 is 1.07 bits per heavy atom. The first-order valence-electron chi connectivity index (χ1n) is 25.8. The number of aromatic nitrogens is 12. The van der Waals surface area contributed by atoms with Crippen molar-refractivity contribution >= 4 is 34.5 Å². The van der Waals surface area contributed by atoms with Crippen LogP contribution in [0.3, 0.4) is 0 Å². The van der Waals surface area contributed by atoms with E-state index in [1.165, 1.54) is 22.3 Å². The molecule has 424 valence electrons. The highest BCUT2D eigenvalue weighted by Gasteiger charge is 2.29. The number of nitrogens with zero attached hydrogens (tertiary/aromatic N) is 12. The third-order valence-electron chi connectivity index (χ3n) is 12.6. The lowest BCUT2D eigenvalue weighted by Crippen LogP contribution is -2.40. The van der Waals surface area contributed by atoms with Gasteiger partial charge in [-0.05, 0) is 58.6 Å². The lowest BCUT2D eigenvalue weighted by molar-refractivity contribution is 0.0426. The average Bonchev–Trinajstić information content (AvgIpc) is 4.48. The zero-order valence-electron chi connectivity index (χ0n) is 45.3. The van der Waals surface area contributed by atoms with Gasteiger partial charge in [0.15, 0.2) is 52.1 Å². The molecule has 0 radical (unpaired) electrons. The molecule has 0 unspecified atom stereocenters. The summed E-state index contributed by atoms with van der Waals surface area (Å²) in [4.78, 5) is 101. The monoisotopic (exact) mass is 1100 g/mol. The van der Waals surface area contributed by atoms with Gasteiger partial charge in [0.1, 0.15) is 6.61 Å². The van der Waals surface area contributed by atoms with Crippen LogP contribution in [0, 0.1) is 20.8 Å². The van der Waals surface area contributed by atoms with E-state index in [1.807, 2.05) is 70.2 Å². The SMILES string of the molecule is C.CCCn1c(=O)c2c(nc(-c3cnn(Cc4cccc(C)c4)c3)n2C(=O)OCCOCCOC)n(CC)c1=O.CCCn1c(=O)c2c(nc(-c3cnn(Cc4cccc(C)c4)c3)n2C(=O)OCc2oc(=O)oc2C)n(CC)c1=O. The number of ether oxygens (including phenoxy) is 4. The molecule has 0 spiro atoms. The van der Waals surface area contributed by atoms with Crippen LogP contribution in [0.25, 0.3) is 45.1 Å². The molecule has 7 heterocycles. The van der Waals surface area contributed by atoms with E-state index in [4.69, 9.17) is 27.8 Å². The second-order valence-corrected chi connectivity index (χ2v) is 18.4. The maximum Gasteiger partial charge on any atom is 0.519 e. The Morgan fingerprint density at radius 3 is 1.50 bits per heavy atom. The number of hydrogen-bond acceptors (Lipinski definition) is 17. The lowest BCUT2D eigenvalue weighted by atomic mass is 10.1. The zero-order valence-corrected chi connectivity index (χ0v) is 45.3. The van der Waals surface area contributed by atoms with Crippen molar-refractivity contribution in [2.45, 2.75) is 115 Å². The first-order valence-corrected chi connectivity index (χ1v) is 25.8. The fourth-order valence-electron chi connectivity index (χ4n) is 8.95. The molecule has 9 rings (SSSR count). The number of aryl methyl sites for hydroxylation is 5. The Morgan fingerprint density at radius 1 is 0.600 bits per heavy atom. The number of rotatable bonds is 20. The van der Waals surface area contributed by atoms with Crippen molar-refractivity contribution < 1.29 is 37.4 Å². The van der Waals surface area contributed by atoms with Crippen molar-refractivity contribution in [3.63, 3.8) is 0 Å². The molecule has 0 aliphatic heterocycles. The molecule has 2 aromatic carbocycles. The maximum atomic E-state index is 13.6. The summed E-state index contributed by atoms with van der Waals surface area (Å²) in [5.74, 6) is -0.486. The second kappa shape index (κ2) is 26.1. The van der Waals surface area contributed by atoms with Gasteiger partial charge in [-0.2, -0.15) is 10.2 Å². The molecule has 0 aliphatic carbocycles. The number of carbonyl (C=O) groups is 2. The number of hydrogen-bond donors (Lipinski definition) is 0. The number of benzene rings is 2. The molecule has 25 heteroatoms. The number of carbonyl (C=O) groups excluding carboxylic acids is 2. The Kier molecular flexibility index (Phi) is 19.2. The average molecular weight is 1100 g/mol. The van der Waals surface area contributed by atoms with Crippen LogP contribution in [0.2, 0.25) is 0 Å². The summed E-state index contributed by atoms with van der Waals surface area (Å²) in [7, 11) is 1.57. The van der Waals surface area contributed by atoms with Crippen molar-refractivity contribution in [1.82, 2.24) is 56.9 Å². The summed E-state index contributed by atoms with van der Waals surface area (Å²) in [5.41, 5.74) is 3.08. The first kappa shape index (κ1) is 58.7. The molecule has 0 saturated carbocycles. The van der Waals surface area contributed by atoms with Gasteiger partial charge in [-0.15, -0.1) is 0 Å². The van der Waals surface area contributed by atoms with E-state index in [0.717, 1.165) is 40.5 Å². The number of imidazole rings is 2. The van der Waals surface area contributed by atoms with Gasteiger partial charge in [0.05, 0.1) is 56.4 Å². The van der Waals surface area contributed by atoms with Crippen LogP contribution in [-0.4, -0.2) is 103 Å². The molecule has 0 bridgehead atoms. The van der Waals surface area contributed by atoms with Gasteiger partial charge >= 0.3 is 29.4 Å². The number of methoxy groups -OCH3 is 1. The summed E-state index contributed by atoms with van der Waals surface area (Å²) in [5, 5.41) is 8.87. The van der Waals surface area contributed by atoms with Gasteiger partial charge < -0.3 is 27.8 Å². The summed E-state index contributed by atoms with van der Waals surface area (Å²) in [6.07, 6.45) is 5.91. The summed E-state index contributed by atoms with van der Waals surface area (Å²) >= 11 is 0. The van der Waals surface area contributed by atoms with Gasteiger partial charge in [-0.3, -0.25) is 37.2 Å². The minimum absolute atomic E-state index is 0. The highest BCUT2D eigenvalue weighted by atomic mass is 16.6. The highest BCUT2D eigenvalue weighted by molar-refractivity contribution is 5.91. The van der Waals surface area contributed by atoms with Crippen molar-refractivity contribution in [3.8, 4) is 22.8 Å². The summed E-state index contributed by atoms with van der Waals surface area (Å²) in [6, 6.07) is 16.1. The smallest absolute Gasteiger partial charge is 0.446 e. The Labute approximate surface area is 457 Å². The van der Waals surface area contributed by atoms with E-state index < -0.39 is 47.1 Å². The zero-order chi connectivity index (χ0) is 56.5. The van der Waals surface area contributed by atoms with Gasteiger partial charge in [-0.25, -0.2) is 43.1 Å². The third kappa shape index (κ3) is 12.5. The molecule has 25 nitrogen and oxygen atoms in total. The predicted octanol–water partition coefficient (Wildman–Crippen LogP) is 6.34. The normalized spacial score (nSPS) is 11.2. The van der Waals surface area contributed by atoms with Crippen molar-refractivity contribution in [2.75, 3.05) is 33.5 Å². The van der Waals surface area contributed by atoms with Crippen LogP contribution in [0.15, 0.2) is 106 Å². The lowest BCUT2D eigenvalue weighted by Gasteiger charge is -2.11. The quantitative estimate of drug-likeness (QED) is 0.0753. The van der Waals surface area contributed by atoms with Gasteiger partial charge in [0.25, 0.3) is 11.1 Å². The van der Waals surface area contributed by atoms with E-state index >= 15 is 0 Å². The molecular weight excluding hydrogens is 1040 g/mol.